The maximum absolute atomic E-state index is 6.14. The van der Waals surface area contributed by atoms with Crippen LogP contribution in [0.2, 0.25) is 0 Å². The lowest BCUT2D eigenvalue weighted by molar-refractivity contribution is 0.912. The molecule has 1 heteroatoms. The van der Waals surface area contributed by atoms with Gasteiger partial charge >= 0.3 is 0 Å². The lowest BCUT2D eigenvalue weighted by Gasteiger charge is -2.22. The summed E-state index contributed by atoms with van der Waals surface area (Å²) in [5.74, 6) is 0.780. The molecule has 0 aromatic heterocycles. The summed E-state index contributed by atoms with van der Waals surface area (Å²) in [6, 6.07) is 30.7. The van der Waals surface area contributed by atoms with E-state index in [1.807, 2.05) is 0 Å². The van der Waals surface area contributed by atoms with Crippen molar-refractivity contribution >= 4 is 0 Å². The van der Waals surface area contributed by atoms with Gasteiger partial charge in [0.2, 0.25) is 0 Å². The van der Waals surface area contributed by atoms with Gasteiger partial charge < -0.3 is 5.73 Å². The zero-order chi connectivity index (χ0) is 15.6. The van der Waals surface area contributed by atoms with E-state index in [1.54, 1.807) is 0 Å². The Morgan fingerprint density at radius 1 is 0.696 bits per heavy atom. The number of hydrogen-bond donors (Lipinski definition) is 1. The predicted octanol–water partition coefficient (Wildman–Crippen LogP) is 4.68. The Bertz CT molecular complexity index is 740. The van der Waals surface area contributed by atoms with Gasteiger partial charge in [-0.1, -0.05) is 84.9 Å². The molecule has 0 heterocycles. The van der Waals surface area contributed by atoms with E-state index in [9.17, 15) is 0 Å². The molecule has 1 aliphatic carbocycles. The van der Waals surface area contributed by atoms with Crippen molar-refractivity contribution in [1.29, 1.82) is 0 Å². The zero-order valence-electron chi connectivity index (χ0n) is 13.1. The Balaban J connectivity index is 1.87. The average Bonchev–Trinajstić information content (AvgIpc) is 3.34. The number of benzene rings is 3. The maximum Gasteiger partial charge on any atom is 0.0342 e. The van der Waals surface area contributed by atoms with E-state index in [-0.39, 0.29) is 5.92 Å². The highest BCUT2D eigenvalue weighted by Gasteiger charge is 2.37. The monoisotopic (exact) mass is 299 g/mol. The summed E-state index contributed by atoms with van der Waals surface area (Å²) in [5, 5.41) is 0. The van der Waals surface area contributed by atoms with E-state index in [2.05, 4.69) is 84.9 Å². The van der Waals surface area contributed by atoms with Crippen LogP contribution < -0.4 is 5.73 Å². The molecule has 2 N–H and O–H groups in total. The normalized spacial score (nSPS) is 19.7. The van der Waals surface area contributed by atoms with Gasteiger partial charge in [0.05, 0.1) is 0 Å². The highest BCUT2D eigenvalue weighted by atomic mass is 14.7. The predicted molar refractivity (Wildman–Crippen MR) is 95.6 cm³/mol. The fraction of sp³-hybridized carbons (Fsp3) is 0.182. The van der Waals surface area contributed by atoms with E-state index in [1.165, 1.54) is 22.3 Å². The van der Waals surface area contributed by atoms with E-state index < -0.39 is 0 Å². The smallest absolute Gasteiger partial charge is 0.0342 e. The molecular weight excluding hydrogens is 278 g/mol. The van der Waals surface area contributed by atoms with Gasteiger partial charge in [-0.2, -0.15) is 0 Å². The minimum Gasteiger partial charge on any atom is -0.327 e. The van der Waals surface area contributed by atoms with Crippen molar-refractivity contribution in [2.24, 2.45) is 5.73 Å². The van der Waals surface area contributed by atoms with Gasteiger partial charge in [0, 0.05) is 17.9 Å². The fourth-order valence-corrected chi connectivity index (χ4v) is 3.53. The van der Waals surface area contributed by atoms with Crippen molar-refractivity contribution in [3.05, 3.63) is 107 Å². The molecular formula is C22H21N. The van der Waals surface area contributed by atoms with Crippen LogP contribution in [0, 0.1) is 0 Å². The van der Waals surface area contributed by atoms with Gasteiger partial charge in [-0.05, 0) is 28.7 Å². The van der Waals surface area contributed by atoms with Crippen molar-refractivity contribution in [2.75, 3.05) is 0 Å². The molecule has 4 rings (SSSR count). The summed E-state index contributed by atoms with van der Waals surface area (Å²) in [6.07, 6.45) is 1.10. The van der Waals surface area contributed by atoms with Gasteiger partial charge in [0.1, 0.15) is 0 Å². The molecule has 23 heavy (non-hydrogen) atoms. The molecule has 1 saturated carbocycles. The molecule has 3 aromatic rings. The van der Waals surface area contributed by atoms with Crippen molar-refractivity contribution in [2.45, 2.75) is 24.3 Å². The van der Waals surface area contributed by atoms with Crippen molar-refractivity contribution in [3.63, 3.8) is 0 Å². The van der Waals surface area contributed by atoms with Gasteiger partial charge in [0.15, 0.2) is 0 Å². The summed E-state index contributed by atoms with van der Waals surface area (Å²) < 4.78 is 0. The lowest BCUT2D eigenvalue weighted by atomic mass is 9.82. The van der Waals surface area contributed by atoms with E-state index in [4.69, 9.17) is 5.73 Å². The summed E-state index contributed by atoms with van der Waals surface area (Å²) in [7, 11) is 0. The molecule has 0 amide bonds. The van der Waals surface area contributed by atoms with Crippen LogP contribution in [0.1, 0.15) is 40.5 Å². The first-order chi connectivity index (χ1) is 11.3. The first-order valence-corrected chi connectivity index (χ1v) is 8.29. The van der Waals surface area contributed by atoms with Gasteiger partial charge in [-0.25, -0.2) is 0 Å². The standard InChI is InChI=1S/C22H21N/c23-21-15-20(21)18-13-7-8-14-19(18)22(16-9-3-1-4-10-16)17-11-5-2-6-12-17/h1-14,20-22H,15,23H2. The van der Waals surface area contributed by atoms with Crippen LogP contribution in [-0.2, 0) is 0 Å². The molecule has 0 aliphatic heterocycles. The first kappa shape index (κ1) is 14.2. The molecule has 0 spiro atoms. The maximum atomic E-state index is 6.14. The lowest BCUT2D eigenvalue weighted by Crippen LogP contribution is -2.08. The molecule has 1 aliphatic rings. The summed E-state index contributed by atoms with van der Waals surface area (Å²) in [5.41, 5.74) is 11.6. The third kappa shape index (κ3) is 2.80. The highest BCUT2D eigenvalue weighted by molar-refractivity contribution is 5.48. The Hall–Kier alpha value is -2.38. The molecule has 1 nitrogen and oxygen atoms in total. The molecule has 0 bridgehead atoms. The minimum absolute atomic E-state index is 0.265. The third-order valence-electron chi connectivity index (χ3n) is 4.81. The highest BCUT2D eigenvalue weighted by Crippen LogP contribution is 2.44. The fourth-order valence-electron chi connectivity index (χ4n) is 3.53. The van der Waals surface area contributed by atoms with Gasteiger partial charge in [-0.3, -0.25) is 0 Å². The number of rotatable bonds is 4. The Morgan fingerprint density at radius 3 is 1.70 bits per heavy atom. The largest absolute Gasteiger partial charge is 0.327 e. The van der Waals surface area contributed by atoms with Crippen molar-refractivity contribution in [1.82, 2.24) is 0 Å². The van der Waals surface area contributed by atoms with Gasteiger partial charge in [0.25, 0.3) is 0 Å². The van der Waals surface area contributed by atoms with Crippen molar-refractivity contribution in [3.8, 4) is 0 Å². The first-order valence-electron chi connectivity index (χ1n) is 8.29. The molecule has 0 saturated heterocycles. The van der Waals surface area contributed by atoms with Crippen LogP contribution in [-0.4, -0.2) is 6.04 Å². The van der Waals surface area contributed by atoms with Crippen LogP contribution in [0.3, 0.4) is 0 Å². The van der Waals surface area contributed by atoms with Crippen LogP contribution >= 0.6 is 0 Å². The molecule has 114 valence electrons. The number of hydrogen-bond acceptors (Lipinski definition) is 1. The van der Waals surface area contributed by atoms with Crippen LogP contribution in [0.25, 0.3) is 0 Å². The topological polar surface area (TPSA) is 26.0 Å². The summed E-state index contributed by atoms with van der Waals surface area (Å²) >= 11 is 0. The molecule has 2 atom stereocenters. The Morgan fingerprint density at radius 2 is 1.17 bits per heavy atom. The van der Waals surface area contributed by atoms with Crippen molar-refractivity contribution < 1.29 is 0 Å². The molecule has 0 radical (unpaired) electrons. The SMILES string of the molecule is NC1CC1c1ccccc1C(c1ccccc1)c1ccccc1. The molecule has 3 aromatic carbocycles. The Kier molecular flexibility index (Phi) is 3.72. The summed E-state index contributed by atoms with van der Waals surface area (Å²) in [6.45, 7) is 0. The second kappa shape index (κ2) is 6.02. The second-order valence-electron chi connectivity index (χ2n) is 6.39. The third-order valence-corrected chi connectivity index (χ3v) is 4.81. The van der Waals surface area contributed by atoms with E-state index in [0.29, 0.717) is 12.0 Å². The average molecular weight is 299 g/mol. The zero-order valence-corrected chi connectivity index (χ0v) is 13.1. The van der Waals surface area contributed by atoms with E-state index >= 15 is 0 Å². The summed E-state index contributed by atoms with van der Waals surface area (Å²) in [4.78, 5) is 0. The number of nitrogens with two attached hydrogens (primary N) is 1. The molecule has 2 unspecified atom stereocenters. The quantitative estimate of drug-likeness (QED) is 0.695. The van der Waals surface area contributed by atoms with Crippen LogP contribution in [0.15, 0.2) is 84.9 Å². The molecule has 1 fully saturated rings. The van der Waals surface area contributed by atoms with Gasteiger partial charge in [-0.15, -0.1) is 0 Å². The minimum atomic E-state index is 0.265. The second-order valence-corrected chi connectivity index (χ2v) is 6.39. The van der Waals surface area contributed by atoms with Crippen LogP contribution in [0.5, 0.6) is 0 Å². The Labute approximate surface area is 137 Å². The van der Waals surface area contributed by atoms with E-state index in [0.717, 1.165) is 6.42 Å². The van der Waals surface area contributed by atoms with Crippen LogP contribution in [0.4, 0.5) is 0 Å².